The van der Waals surface area contributed by atoms with Crippen LogP contribution in [-0.4, -0.2) is 29.1 Å². The first-order chi connectivity index (χ1) is 27.8. The molecule has 0 spiro atoms. The quantitative estimate of drug-likeness (QED) is 0.156. The minimum Gasteiger partial charge on any atom is -0.309 e. The van der Waals surface area contributed by atoms with Gasteiger partial charge in [0.15, 0.2) is 11.6 Å². The van der Waals surface area contributed by atoms with Crippen molar-refractivity contribution in [1.29, 1.82) is 0 Å². The van der Waals surface area contributed by atoms with Gasteiger partial charge < -0.3 is 9.55 Å². The zero-order chi connectivity index (χ0) is 37.0. The van der Waals surface area contributed by atoms with Crippen LogP contribution in [0.25, 0.3) is 100 Å². The maximum atomic E-state index is 5.22. The SMILES string of the molecule is [Ir].[c-]1ccc(-c2ccc3c(c2)c2cc4c5ccccc5n(-c5ccccc5)c4cc2n3-c2nc(-c3ccccc3)nc(-c3ccccc3)n2)cc1-c1ccccn1. The topological polar surface area (TPSA) is 61.4 Å². The Kier molecular flexibility index (Phi) is 8.59. The summed E-state index contributed by atoms with van der Waals surface area (Å²) in [6, 6.07) is 66.4. The Bertz CT molecular complexity index is 3170. The van der Waals surface area contributed by atoms with Crippen LogP contribution in [0.5, 0.6) is 0 Å². The predicted molar refractivity (Wildman–Crippen MR) is 227 cm³/mol. The number of para-hydroxylation sites is 2. The van der Waals surface area contributed by atoms with Gasteiger partial charge in [-0.15, -0.1) is 35.4 Å². The fourth-order valence-corrected chi connectivity index (χ4v) is 7.95. The Balaban J connectivity index is 0.00000396. The van der Waals surface area contributed by atoms with E-state index in [0.29, 0.717) is 17.6 Å². The molecule has 0 aliphatic rings. The molecule has 6 nitrogen and oxygen atoms in total. The summed E-state index contributed by atoms with van der Waals surface area (Å²) < 4.78 is 4.56. The van der Waals surface area contributed by atoms with Gasteiger partial charge in [0.1, 0.15) is 0 Å². The van der Waals surface area contributed by atoms with Crippen LogP contribution in [0, 0.1) is 6.07 Å². The summed E-state index contributed by atoms with van der Waals surface area (Å²) in [6.45, 7) is 0. The summed E-state index contributed by atoms with van der Waals surface area (Å²) in [7, 11) is 0. The minimum absolute atomic E-state index is 0. The second kappa shape index (κ2) is 14.2. The van der Waals surface area contributed by atoms with E-state index in [0.717, 1.165) is 72.0 Å². The Morgan fingerprint density at radius 1 is 0.404 bits per heavy atom. The fourth-order valence-electron chi connectivity index (χ4n) is 7.95. The van der Waals surface area contributed by atoms with E-state index < -0.39 is 0 Å². The van der Waals surface area contributed by atoms with Gasteiger partial charge in [0.05, 0.1) is 22.1 Å². The summed E-state index contributed by atoms with van der Waals surface area (Å²) in [6.07, 6.45) is 1.82. The molecule has 0 saturated heterocycles. The average molecular weight is 908 g/mol. The van der Waals surface area contributed by atoms with Gasteiger partial charge in [-0.2, -0.15) is 9.97 Å². The first kappa shape index (κ1) is 34.4. The molecule has 7 heteroatoms. The zero-order valence-corrected chi connectivity index (χ0v) is 32.8. The van der Waals surface area contributed by atoms with E-state index in [1.165, 1.54) is 10.8 Å². The smallest absolute Gasteiger partial charge is 0.238 e. The normalized spacial score (nSPS) is 11.4. The van der Waals surface area contributed by atoms with E-state index in [9.17, 15) is 0 Å². The van der Waals surface area contributed by atoms with Gasteiger partial charge in [0, 0.05) is 64.7 Å². The molecular weight excluding hydrogens is 877 g/mol. The third-order valence-electron chi connectivity index (χ3n) is 10.5. The molecule has 0 unspecified atom stereocenters. The first-order valence-electron chi connectivity index (χ1n) is 18.6. The summed E-state index contributed by atoms with van der Waals surface area (Å²) >= 11 is 0. The molecule has 0 fully saturated rings. The predicted octanol–water partition coefficient (Wildman–Crippen LogP) is 11.9. The number of pyridine rings is 1. The van der Waals surface area contributed by atoms with Crippen LogP contribution in [0.4, 0.5) is 0 Å². The van der Waals surface area contributed by atoms with E-state index in [4.69, 9.17) is 15.0 Å². The molecule has 0 saturated carbocycles. The van der Waals surface area contributed by atoms with E-state index in [2.05, 4.69) is 117 Å². The van der Waals surface area contributed by atoms with Gasteiger partial charge in [-0.1, -0.05) is 115 Å². The van der Waals surface area contributed by atoms with Gasteiger partial charge in [0.25, 0.3) is 0 Å². The molecule has 11 aromatic rings. The van der Waals surface area contributed by atoms with Crippen LogP contribution < -0.4 is 0 Å². The van der Waals surface area contributed by atoms with Gasteiger partial charge >= 0.3 is 0 Å². The zero-order valence-electron chi connectivity index (χ0n) is 30.4. The van der Waals surface area contributed by atoms with Crippen LogP contribution >= 0.6 is 0 Å². The average Bonchev–Trinajstić information content (AvgIpc) is 3.78. The Morgan fingerprint density at radius 3 is 1.72 bits per heavy atom. The standard InChI is InChI=1S/C50H31N6.Ir/c1-4-15-33(16-5-1)48-52-49(34-17-6-2-7-18-34)54-50(53-48)56-45-27-26-36(35-19-14-20-37(29-35)43-24-12-13-28-51-43)30-40(45)42-31-41-39-23-10-11-25-44(39)55(46(41)32-47(42)56)38-21-8-3-9-22-38;/h1-19,21-32H;/q-1;. The summed E-state index contributed by atoms with van der Waals surface area (Å²) in [4.78, 5) is 20.1. The third kappa shape index (κ3) is 5.92. The number of hydrogen-bond donors (Lipinski definition) is 0. The molecule has 0 N–H and O–H groups in total. The Hall–Kier alpha value is -7.05. The van der Waals surface area contributed by atoms with Crippen LogP contribution in [0.2, 0.25) is 0 Å². The number of aromatic nitrogens is 6. The molecule has 0 bridgehead atoms. The van der Waals surface area contributed by atoms with E-state index in [-0.39, 0.29) is 20.1 Å². The molecule has 4 aromatic heterocycles. The van der Waals surface area contributed by atoms with E-state index >= 15 is 0 Å². The number of nitrogens with zero attached hydrogens (tertiary/aromatic N) is 6. The van der Waals surface area contributed by atoms with Crippen LogP contribution in [-0.2, 0) is 20.1 Å². The maximum absolute atomic E-state index is 5.22. The molecule has 4 heterocycles. The minimum atomic E-state index is 0. The molecule has 0 aliphatic heterocycles. The van der Waals surface area contributed by atoms with Crippen molar-refractivity contribution in [2.24, 2.45) is 0 Å². The summed E-state index contributed by atoms with van der Waals surface area (Å²) in [5.41, 5.74) is 11.2. The van der Waals surface area contributed by atoms with E-state index in [1.807, 2.05) is 91.1 Å². The van der Waals surface area contributed by atoms with Crippen molar-refractivity contribution in [2.75, 3.05) is 0 Å². The maximum Gasteiger partial charge on any atom is 0.238 e. The third-order valence-corrected chi connectivity index (χ3v) is 10.5. The molecule has 0 aliphatic carbocycles. The van der Waals surface area contributed by atoms with Gasteiger partial charge in [-0.05, 0) is 59.8 Å². The Morgan fingerprint density at radius 2 is 1.00 bits per heavy atom. The van der Waals surface area contributed by atoms with Crippen LogP contribution in [0.1, 0.15) is 0 Å². The molecule has 7 aromatic carbocycles. The molecule has 0 amide bonds. The molecule has 57 heavy (non-hydrogen) atoms. The van der Waals surface area contributed by atoms with Gasteiger partial charge in [-0.3, -0.25) is 4.57 Å². The molecule has 1 radical (unpaired) electrons. The second-order valence-corrected chi connectivity index (χ2v) is 13.9. The van der Waals surface area contributed by atoms with Crippen LogP contribution in [0.3, 0.4) is 0 Å². The molecule has 271 valence electrons. The molecule has 11 rings (SSSR count). The molecule has 0 atom stereocenters. The van der Waals surface area contributed by atoms with Gasteiger partial charge in [-0.25, -0.2) is 4.98 Å². The largest absolute Gasteiger partial charge is 0.309 e. The van der Waals surface area contributed by atoms with E-state index in [1.54, 1.807) is 0 Å². The number of hydrogen-bond acceptors (Lipinski definition) is 4. The van der Waals surface area contributed by atoms with Gasteiger partial charge in [0.2, 0.25) is 5.95 Å². The summed E-state index contributed by atoms with van der Waals surface area (Å²) in [5, 5.41) is 4.59. The fraction of sp³-hybridized carbons (Fsp3) is 0. The van der Waals surface area contributed by atoms with Crippen molar-refractivity contribution < 1.29 is 20.1 Å². The first-order valence-corrected chi connectivity index (χ1v) is 18.6. The van der Waals surface area contributed by atoms with Crippen molar-refractivity contribution >= 4 is 43.6 Å². The van der Waals surface area contributed by atoms with Crippen molar-refractivity contribution in [3.05, 3.63) is 194 Å². The number of fused-ring (bicyclic) bond motifs is 6. The van der Waals surface area contributed by atoms with Crippen molar-refractivity contribution in [1.82, 2.24) is 29.1 Å². The van der Waals surface area contributed by atoms with Crippen molar-refractivity contribution in [3.63, 3.8) is 0 Å². The Labute approximate surface area is 342 Å². The number of benzene rings is 7. The van der Waals surface area contributed by atoms with Crippen LogP contribution in [0.15, 0.2) is 188 Å². The molecular formula is C50H31IrN6-. The summed E-state index contributed by atoms with van der Waals surface area (Å²) in [5.74, 6) is 1.78. The second-order valence-electron chi connectivity index (χ2n) is 13.9. The monoisotopic (exact) mass is 908 g/mol. The van der Waals surface area contributed by atoms with Crippen molar-refractivity contribution in [3.8, 4) is 56.8 Å². The number of rotatable bonds is 6. The van der Waals surface area contributed by atoms with Crippen molar-refractivity contribution in [2.45, 2.75) is 0 Å².